The molecule has 2 aliphatic heterocycles. The van der Waals surface area contributed by atoms with Gasteiger partial charge in [-0.1, -0.05) is 12.2 Å². The third-order valence-electron chi connectivity index (χ3n) is 8.99. The number of hydrogen-bond donors (Lipinski definition) is 0. The number of rotatable bonds is 6. The van der Waals surface area contributed by atoms with Crippen LogP contribution in [0.15, 0.2) is 36.4 Å². The van der Waals surface area contributed by atoms with Crippen molar-refractivity contribution in [2.75, 3.05) is 34.7 Å². The summed E-state index contributed by atoms with van der Waals surface area (Å²) in [6.45, 7) is 0.261. The van der Waals surface area contributed by atoms with E-state index >= 15 is 0 Å². The van der Waals surface area contributed by atoms with E-state index in [1.807, 2.05) is 24.3 Å². The van der Waals surface area contributed by atoms with Gasteiger partial charge in [0.15, 0.2) is 23.0 Å². The fraction of sp³-hybridized carbons (Fsp3) is 0.467. The van der Waals surface area contributed by atoms with E-state index in [4.69, 9.17) is 33.2 Å². The average molecular weight is 535 g/mol. The van der Waals surface area contributed by atoms with Gasteiger partial charge in [-0.05, 0) is 60.1 Å². The molecule has 39 heavy (non-hydrogen) atoms. The van der Waals surface area contributed by atoms with Gasteiger partial charge in [-0.2, -0.15) is 0 Å². The second kappa shape index (κ2) is 9.10. The van der Waals surface area contributed by atoms with Crippen LogP contribution in [0.2, 0.25) is 0 Å². The Morgan fingerprint density at radius 3 is 2.21 bits per heavy atom. The summed E-state index contributed by atoms with van der Waals surface area (Å²) in [5, 5.41) is 0. The largest absolute Gasteiger partial charge is 0.493 e. The van der Waals surface area contributed by atoms with Crippen LogP contribution in [-0.4, -0.2) is 46.7 Å². The number of methoxy groups -OCH3 is 3. The maximum Gasteiger partial charge on any atom is 0.310 e. The first-order chi connectivity index (χ1) is 19.0. The number of carbonyl (C=O) groups is 2. The zero-order valence-electron chi connectivity index (χ0n) is 22.0. The molecule has 204 valence electrons. The summed E-state index contributed by atoms with van der Waals surface area (Å²) in [5.41, 5.74) is 2.41. The lowest BCUT2D eigenvalue weighted by molar-refractivity contribution is -0.160. The zero-order valence-corrected chi connectivity index (χ0v) is 22.0. The monoisotopic (exact) mass is 534 g/mol. The van der Waals surface area contributed by atoms with E-state index in [0.29, 0.717) is 34.7 Å². The number of cyclic esters (lactones) is 1. The van der Waals surface area contributed by atoms with Crippen LogP contribution in [0, 0.1) is 29.6 Å². The molecular formula is C30H30O9. The standard InChI is InChI=1S/C30H30O9/c1-33-23-8-16(9-24(34-2)28(23)35-3)25-18-10-21-22(38-13-37-21)11-19(18)27(20-12-36-30(32)26(20)25)39-29(31)17-7-14-4-5-15(17)6-14/h4-5,8-11,14-15,17,20,25-27H,6-7,12-13H2,1-3H3/t14?,15?,17?,20-,25+,26-,27-/m0/s1. The Kier molecular flexibility index (Phi) is 5.64. The SMILES string of the molecule is COc1cc([C@@H]2c3cc4c(cc3[C@H](OC(=O)C3CC5C=CC3C5)[C@H]3COC(=O)[C@H]23)OCO4)cc(OC)c1OC. The molecule has 0 spiro atoms. The predicted molar refractivity (Wildman–Crippen MR) is 136 cm³/mol. The number of esters is 2. The minimum absolute atomic E-state index is 0.101. The molecule has 2 heterocycles. The summed E-state index contributed by atoms with van der Waals surface area (Å²) in [6, 6.07) is 7.50. The van der Waals surface area contributed by atoms with E-state index < -0.39 is 17.9 Å². The van der Waals surface area contributed by atoms with Gasteiger partial charge in [0.05, 0.1) is 39.8 Å². The van der Waals surface area contributed by atoms with Crippen molar-refractivity contribution in [1.82, 2.24) is 0 Å². The van der Waals surface area contributed by atoms with Gasteiger partial charge in [-0.15, -0.1) is 0 Å². The van der Waals surface area contributed by atoms with Crippen LogP contribution in [0.3, 0.4) is 0 Å². The lowest BCUT2D eigenvalue weighted by Crippen LogP contribution is -2.37. The molecule has 2 aromatic carbocycles. The highest BCUT2D eigenvalue weighted by Gasteiger charge is 2.55. The Morgan fingerprint density at radius 2 is 1.59 bits per heavy atom. The molecule has 9 nitrogen and oxygen atoms in total. The molecule has 0 aromatic heterocycles. The predicted octanol–water partition coefficient (Wildman–Crippen LogP) is 4.17. The van der Waals surface area contributed by atoms with Crippen molar-refractivity contribution in [2.45, 2.75) is 24.9 Å². The van der Waals surface area contributed by atoms with Gasteiger partial charge >= 0.3 is 11.9 Å². The van der Waals surface area contributed by atoms with Crippen molar-refractivity contribution >= 4 is 11.9 Å². The third kappa shape index (κ3) is 3.66. The molecule has 2 fully saturated rings. The topological polar surface area (TPSA) is 98.8 Å². The van der Waals surface area contributed by atoms with Gasteiger partial charge in [0.2, 0.25) is 12.5 Å². The molecule has 3 aliphatic carbocycles. The lowest BCUT2D eigenvalue weighted by Gasteiger charge is -2.39. The van der Waals surface area contributed by atoms with Gasteiger partial charge in [0, 0.05) is 17.4 Å². The molecule has 7 atom stereocenters. The molecule has 1 saturated carbocycles. The fourth-order valence-electron chi connectivity index (χ4n) is 7.21. The Balaban J connectivity index is 1.36. The van der Waals surface area contributed by atoms with Crippen LogP contribution >= 0.6 is 0 Å². The van der Waals surface area contributed by atoms with E-state index in [2.05, 4.69) is 12.2 Å². The van der Waals surface area contributed by atoms with Crippen molar-refractivity contribution in [2.24, 2.45) is 29.6 Å². The Morgan fingerprint density at radius 1 is 0.872 bits per heavy atom. The van der Waals surface area contributed by atoms with Gasteiger partial charge in [0.25, 0.3) is 0 Å². The van der Waals surface area contributed by atoms with Crippen molar-refractivity contribution in [1.29, 1.82) is 0 Å². The van der Waals surface area contributed by atoms with Crippen LogP contribution in [-0.2, 0) is 19.1 Å². The first-order valence-corrected chi connectivity index (χ1v) is 13.3. The van der Waals surface area contributed by atoms with E-state index in [9.17, 15) is 9.59 Å². The van der Waals surface area contributed by atoms with Gasteiger partial charge in [-0.3, -0.25) is 9.59 Å². The van der Waals surface area contributed by atoms with Crippen LogP contribution in [0.5, 0.6) is 28.7 Å². The Hall–Kier alpha value is -3.88. The first kappa shape index (κ1) is 24.2. The highest BCUT2D eigenvalue weighted by atomic mass is 16.7. The number of hydrogen-bond acceptors (Lipinski definition) is 9. The molecule has 0 radical (unpaired) electrons. The maximum absolute atomic E-state index is 13.5. The molecule has 5 aliphatic rings. The maximum atomic E-state index is 13.5. The molecule has 2 aromatic rings. The van der Waals surface area contributed by atoms with E-state index in [1.165, 1.54) is 0 Å². The summed E-state index contributed by atoms with van der Waals surface area (Å²) in [5.74, 6) is 1.16. The van der Waals surface area contributed by atoms with Crippen molar-refractivity contribution < 1.29 is 42.7 Å². The summed E-state index contributed by atoms with van der Waals surface area (Å²) in [4.78, 5) is 26.9. The van der Waals surface area contributed by atoms with Crippen molar-refractivity contribution in [3.05, 3.63) is 53.1 Å². The first-order valence-electron chi connectivity index (χ1n) is 13.3. The fourth-order valence-corrected chi connectivity index (χ4v) is 7.21. The summed E-state index contributed by atoms with van der Waals surface area (Å²) < 4.78 is 40.2. The summed E-state index contributed by atoms with van der Waals surface area (Å²) in [7, 11) is 4.66. The average Bonchev–Trinajstić information content (AvgIpc) is 3.76. The van der Waals surface area contributed by atoms with Crippen molar-refractivity contribution in [3.8, 4) is 28.7 Å². The van der Waals surface area contributed by atoms with E-state index in [0.717, 1.165) is 29.5 Å². The highest BCUT2D eigenvalue weighted by molar-refractivity contribution is 5.80. The minimum Gasteiger partial charge on any atom is -0.493 e. The number of fused-ring (bicyclic) bond motifs is 5. The van der Waals surface area contributed by atoms with E-state index in [1.54, 1.807) is 21.3 Å². The van der Waals surface area contributed by atoms with Gasteiger partial charge < -0.3 is 33.2 Å². The quantitative estimate of drug-likeness (QED) is 0.399. The molecule has 3 unspecified atom stereocenters. The van der Waals surface area contributed by atoms with Crippen LogP contribution in [0.1, 0.15) is 41.6 Å². The summed E-state index contributed by atoms with van der Waals surface area (Å²) >= 11 is 0. The normalized spacial score (nSPS) is 30.9. The molecule has 2 bridgehead atoms. The van der Waals surface area contributed by atoms with Crippen LogP contribution < -0.4 is 23.7 Å². The van der Waals surface area contributed by atoms with Gasteiger partial charge in [0.1, 0.15) is 6.10 Å². The number of ether oxygens (including phenoxy) is 7. The molecule has 7 rings (SSSR count). The zero-order chi connectivity index (χ0) is 26.8. The molecule has 1 saturated heterocycles. The van der Waals surface area contributed by atoms with Crippen LogP contribution in [0.4, 0.5) is 0 Å². The lowest BCUT2D eigenvalue weighted by atomic mass is 9.66. The number of allylic oxidation sites excluding steroid dienone is 2. The molecule has 9 heteroatoms. The van der Waals surface area contributed by atoms with Crippen LogP contribution in [0.25, 0.3) is 0 Å². The second-order valence-electron chi connectivity index (χ2n) is 10.8. The Labute approximate surface area is 225 Å². The highest BCUT2D eigenvalue weighted by Crippen LogP contribution is 2.57. The molecule has 0 amide bonds. The third-order valence-corrected chi connectivity index (χ3v) is 8.99. The van der Waals surface area contributed by atoms with Crippen molar-refractivity contribution in [3.63, 3.8) is 0 Å². The van der Waals surface area contributed by atoms with Gasteiger partial charge in [-0.25, -0.2) is 0 Å². The second-order valence-corrected chi connectivity index (χ2v) is 10.8. The number of benzene rings is 2. The smallest absolute Gasteiger partial charge is 0.310 e. The number of carbonyl (C=O) groups excluding carboxylic acids is 2. The van der Waals surface area contributed by atoms with E-state index in [-0.39, 0.29) is 43.1 Å². The molecular weight excluding hydrogens is 504 g/mol. The Bertz CT molecular complexity index is 1360. The summed E-state index contributed by atoms with van der Waals surface area (Å²) in [6.07, 6.45) is 5.49. The minimum atomic E-state index is -0.653. The molecule has 0 N–H and O–H groups in total.